The summed E-state index contributed by atoms with van der Waals surface area (Å²) in [6.07, 6.45) is 0.253. The maximum Gasteiger partial charge on any atom is 0.341 e. The smallest absolute Gasteiger partial charge is 0.341 e. The number of anilines is 1. The van der Waals surface area contributed by atoms with Crippen LogP contribution in [0.5, 0.6) is 0 Å². The standard InChI is InChI=1S/C22H23NO3S2/c1-4-26-22(25)20-17-7-5-6-8-18(17)28-21(20)23-19(24)13-15-9-11-16(12-10-15)27-14(2)3/h5-12,14H,4,13H2,1-3H3,(H,23,24). The second-order valence-electron chi connectivity index (χ2n) is 6.56. The predicted octanol–water partition coefficient (Wildman–Crippen LogP) is 5.76. The average Bonchev–Trinajstić information content (AvgIpc) is 3.00. The van der Waals surface area contributed by atoms with E-state index >= 15 is 0 Å². The number of benzene rings is 2. The normalized spacial score (nSPS) is 11.0. The monoisotopic (exact) mass is 413 g/mol. The Morgan fingerprint density at radius 2 is 1.82 bits per heavy atom. The minimum absolute atomic E-state index is 0.152. The third kappa shape index (κ3) is 4.94. The summed E-state index contributed by atoms with van der Waals surface area (Å²) in [7, 11) is 0. The van der Waals surface area contributed by atoms with Crippen LogP contribution in [-0.4, -0.2) is 23.7 Å². The lowest BCUT2D eigenvalue weighted by atomic mass is 10.1. The van der Waals surface area contributed by atoms with Crippen LogP contribution in [0.25, 0.3) is 10.1 Å². The lowest BCUT2D eigenvalue weighted by Gasteiger charge is -2.08. The Hall–Kier alpha value is -2.31. The topological polar surface area (TPSA) is 55.4 Å². The highest BCUT2D eigenvalue weighted by atomic mass is 32.2. The average molecular weight is 414 g/mol. The summed E-state index contributed by atoms with van der Waals surface area (Å²) in [4.78, 5) is 26.2. The molecule has 146 valence electrons. The van der Waals surface area contributed by atoms with Crippen LogP contribution in [0.2, 0.25) is 0 Å². The third-order valence-corrected chi connectivity index (χ3v) is 6.09. The molecule has 6 heteroatoms. The van der Waals surface area contributed by atoms with Gasteiger partial charge in [-0.2, -0.15) is 0 Å². The number of carbonyl (C=O) groups is 2. The fourth-order valence-corrected chi connectivity index (χ4v) is 4.80. The molecule has 0 saturated heterocycles. The molecule has 0 aliphatic carbocycles. The Morgan fingerprint density at radius 1 is 1.11 bits per heavy atom. The Kier molecular flexibility index (Phi) is 6.75. The van der Waals surface area contributed by atoms with Crippen LogP contribution < -0.4 is 5.32 Å². The quantitative estimate of drug-likeness (QED) is 0.395. The Morgan fingerprint density at radius 3 is 2.50 bits per heavy atom. The molecule has 0 bridgehead atoms. The van der Waals surface area contributed by atoms with Gasteiger partial charge in [-0.1, -0.05) is 44.2 Å². The van der Waals surface area contributed by atoms with Crippen molar-refractivity contribution in [1.82, 2.24) is 0 Å². The first-order chi connectivity index (χ1) is 13.5. The van der Waals surface area contributed by atoms with Crippen molar-refractivity contribution in [2.75, 3.05) is 11.9 Å². The molecule has 0 aliphatic rings. The first-order valence-corrected chi connectivity index (χ1v) is 10.9. The van der Waals surface area contributed by atoms with Crippen LogP contribution in [-0.2, 0) is 16.0 Å². The van der Waals surface area contributed by atoms with Gasteiger partial charge in [-0.3, -0.25) is 4.79 Å². The number of thiophene rings is 1. The largest absolute Gasteiger partial charge is 0.462 e. The molecule has 1 N–H and O–H groups in total. The molecule has 0 spiro atoms. The van der Waals surface area contributed by atoms with E-state index in [-0.39, 0.29) is 18.9 Å². The highest BCUT2D eigenvalue weighted by Crippen LogP contribution is 2.36. The minimum Gasteiger partial charge on any atom is -0.462 e. The van der Waals surface area contributed by atoms with E-state index in [1.165, 1.54) is 16.2 Å². The van der Waals surface area contributed by atoms with Crippen LogP contribution in [0.4, 0.5) is 5.00 Å². The van der Waals surface area contributed by atoms with Crippen molar-refractivity contribution in [1.29, 1.82) is 0 Å². The van der Waals surface area contributed by atoms with E-state index < -0.39 is 5.97 Å². The van der Waals surface area contributed by atoms with Gasteiger partial charge in [0.25, 0.3) is 0 Å². The first kappa shape index (κ1) is 20.4. The molecule has 3 rings (SSSR count). The molecule has 0 aliphatic heterocycles. The van der Waals surface area contributed by atoms with Crippen molar-refractivity contribution in [2.45, 2.75) is 37.3 Å². The van der Waals surface area contributed by atoms with E-state index in [0.29, 0.717) is 15.8 Å². The van der Waals surface area contributed by atoms with Crippen molar-refractivity contribution >= 4 is 50.1 Å². The van der Waals surface area contributed by atoms with Crippen LogP contribution in [0.1, 0.15) is 36.7 Å². The summed E-state index contributed by atoms with van der Waals surface area (Å²) in [5.74, 6) is -0.563. The van der Waals surface area contributed by atoms with E-state index in [2.05, 4.69) is 19.2 Å². The summed E-state index contributed by atoms with van der Waals surface area (Å²) < 4.78 is 6.13. The third-order valence-electron chi connectivity index (χ3n) is 3.99. The summed E-state index contributed by atoms with van der Waals surface area (Å²) in [6, 6.07) is 15.6. The molecule has 3 aromatic rings. The Balaban J connectivity index is 1.77. The van der Waals surface area contributed by atoms with Gasteiger partial charge >= 0.3 is 5.97 Å². The van der Waals surface area contributed by atoms with Gasteiger partial charge < -0.3 is 10.1 Å². The molecule has 0 fully saturated rings. The van der Waals surface area contributed by atoms with Gasteiger partial charge in [-0.25, -0.2) is 4.79 Å². The summed E-state index contributed by atoms with van der Waals surface area (Å²) in [6.45, 7) is 6.36. The molecule has 0 atom stereocenters. The van der Waals surface area contributed by atoms with Gasteiger partial charge in [0.2, 0.25) is 5.91 Å². The van der Waals surface area contributed by atoms with Crippen molar-refractivity contribution < 1.29 is 14.3 Å². The number of fused-ring (bicyclic) bond motifs is 1. The Bertz CT molecular complexity index is 977. The number of carbonyl (C=O) groups excluding carboxylic acids is 2. The predicted molar refractivity (Wildman–Crippen MR) is 118 cm³/mol. The van der Waals surface area contributed by atoms with Crippen LogP contribution in [0, 0.1) is 0 Å². The molecule has 0 radical (unpaired) electrons. The van der Waals surface area contributed by atoms with Crippen LogP contribution in [0.15, 0.2) is 53.4 Å². The number of rotatable bonds is 7. The van der Waals surface area contributed by atoms with Gasteiger partial charge in [0.15, 0.2) is 0 Å². The van der Waals surface area contributed by atoms with Gasteiger partial charge in [0.05, 0.1) is 13.0 Å². The van der Waals surface area contributed by atoms with E-state index in [0.717, 1.165) is 15.6 Å². The number of esters is 1. The lowest BCUT2D eigenvalue weighted by molar-refractivity contribution is -0.115. The second kappa shape index (κ2) is 9.26. The second-order valence-corrected chi connectivity index (χ2v) is 9.26. The van der Waals surface area contributed by atoms with Crippen molar-refractivity contribution in [3.63, 3.8) is 0 Å². The maximum atomic E-state index is 12.6. The lowest BCUT2D eigenvalue weighted by Crippen LogP contribution is -2.16. The summed E-state index contributed by atoms with van der Waals surface area (Å²) in [5.41, 5.74) is 1.36. The highest BCUT2D eigenvalue weighted by Gasteiger charge is 2.21. The zero-order chi connectivity index (χ0) is 20.1. The molecular weight excluding hydrogens is 390 g/mol. The number of hydrogen-bond donors (Lipinski definition) is 1. The fourth-order valence-electron chi connectivity index (χ4n) is 2.85. The van der Waals surface area contributed by atoms with Gasteiger partial charge in [-0.05, 0) is 30.7 Å². The zero-order valence-corrected chi connectivity index (χ0v) is 17.8. The summed E-state index contributed by atoms with van der Waals surface area (Å²) >= 11 is 3.18. The van der Waals surface area contributed by atoms with Gasteiger partial charge in [0.1, 0.15) is 10.6 Å². The number of amides is 1. The van der Waals surface area contributed by atoms with Crippen molar-refractivity contribution in [3.05, 3.63) is 59.7 Å². The van der Waals surface area contributed by atoms with E-state index in [4.69, 9.17) is 4.74 Å². The first-order valence-electron chi connectivity index (χ1n) is 9.22. The van der Waals surface area contributed by atoms with E-state index in [1.54, 1.807) is 18.7 Å². The zero-order valence-electron chi connectivity index (χ0n) is 16.2. The number of hydrogen-bond acceptors (Lipinski definition) is 5. The Labute approximate surface area is 173 Å². The van der Waals surface area contributed by atoms with Crippen LogP contribution >= 0.6 is 23.1 Å². The summed E-state index contributed by atoms with van der Waals surface area (Å²) in [5, 5.41) is 4.77. The maximum absolute atomic E-state index is 12.6. The number of thioether (sulfide) groups is 1. The minimum atomic E-state index is -0.412. The molecule has 0 saturated carbocycles. The molecule has 2 aromatic carbocycles. The molecule has 0 unspecified atom stereocenters. The fraction of sp³-hybridized carbons (Fsp3) is 0.273. The van der Waals surface area contributed by atoms with E-state index in [9.17, 15) is 9.59 Å². The molecule has 1 heterocycles. The molecule has 1 aromatic heterocycles. The SMILES string of the molecule is CCOC(=O)c1c(NC(=O)Cc2ccc(SC(C)C)cc2)sc2ccccc12. The van der Waals surface area contributed by atoms with Gasteiger partial charge in [0, 0.05) is 20.2 Å². The molecule has 28 heavy (non-hydrogen) atoms. The number of ether oxygens (including phenoxy) is 1. The molecule has 4 nitrogen and oxygen atoms in total. The van der Waals surface area contributed by atoms with Crippen molar-refractivity contribution in [3.8, 4) is 0 Å². The van der Waals surface area contributed by atoms with Crippen LogP contribution in [0.3, 0.4) is 0 Å². The molecular formula is C22H23NO3S2. The van der Waals surface area contributed by atoms with Gasteiger partial charge in [-0.15, -0.1) is 23.1 Å². The van der Waals surface area contributed by atoms with E-state index in [1.807, 2.05) is 48.5 Å². The highest BCUT2D eigenvalue weighted by molar-refractivity contribution is 7.99. The van der Waals surface area contributed by atoms with Crippen molar-refractivity contribution in [2.24, 2.45) is 0 Å². The number of nitrogens with one attached hydrogen (secondary N) is 1. The molecule has 1 amide bonds.